The van der Waals surface area contributed by atoms with Crippen LogP contribution >= 0.6 is 12.4 Å². The highest BCUT2D eigenvalue weighted by Gasteiger charge is 2.58. The van der Waals surface area contributed by atoms with Crippen LogP contribution < -0.4 is 5.32 Å². The normalized spacial score (nSPS) is 42.3. The molecule has 0 aromatic carbocycles. The minimum absolute atomic E-state index is 0. The summed E-state index contributed by atoms with van der Waals surface area (Å²) in [4.78, 5) is 14.2. The number of hydrogen-bond donors (Lipinski definition) is 1. The van der Waals surface area contributed by atoms with E-state index in [1.165, 1.54) is 12.8 Å². The minimum atomic E-state index is 0. The predicted molar refractivity (Wildman–Crippen MR) is 61.0 cm³/mol. The molecule has 0 spiro atoms. The van der Waals surface area contributed by atoms with Crippen LogP contribution in [0.15, 0.2) is 0 Å². The molecule has 3 fully saturated rings. The van der Waals surface area contributed by atoms with Gasteiger partial charge in [-0.15, -0.1) is 12.4 Å². The standard InChI is InChI=1S/C11H18N2O.ClH/c1-7-3-2-4-13(7)11(14)10-8-5-12-6-9(8)10;/h7-10,12H,2-6H2,1H3;1H/t7?,8-,9+,10?;. The summed E-state index contributed by atoms with van der Waals surface area (Å²) in [6.07, 6.45) is 2.40. The Labute approximate surface area is 97.0 Å². The van der Waals surface area contributed by atoms with E-state index in [9.17, 15) is 4.79 Å². The summed E-state index contributed by atoms with van der Waals surface area (Å²) in [5.41, 5.74) is 0. The lowest BCUT2D eigenvalue weighted by Gasteiger charge is -2.22. The van der Waals surface area contributed by atoms with Gasteiger partial charge in [-0.25, -0.2) is 0 Å². The molecule has 1 N–H and O–H groups in total. The summed E-state index contributed by atoms with van der Waals surface area (Å²) < 4.78 is 0. The number of fused-ring (bicyclic) bond motifs is 1. The third kappa shape index (κ3) is 1.66. The topological polar surface area (TPSA) is 32.3 Å². The van der Waals surface area contributed by atoms with Gasteiger partial charge in [0.2, 0.25) is 5.91 Å². The lowest BCUT2D eigenvalue weighted by atomic mass is 10.2. The maximum Gasteiger partial charge on any atom is 0.226 e. The van der Waals surface area contributed by atoms with Gasteiger partial charge in [0, 0.05) is 18.5 Å². The predicted octanol–water partition coefficient (Wildman–Crippen LogP) is 0.884. The van der Waals surface area contributed by atoms with Crippen molar-refractivity contribution in [3.8, 4) is 0 Å². The average Bonchev–Trinajstić information content (AvgIpc) is 2.57. The summed E-state index contributed by atoms with van der Waals surface area (Å²) in [6.45, 7) is 5.33. The van der Waals surface area contributed by atoms with E-state index in [1.54, 1.807) is 0 Å². The van der Waals surface area contributed by atoms with Crippen LogP contribution in [0.4, 0.5) is 0 Å². The van der Waals surface area contributed by atoms with Gasteiger partial charge in [0.25, 0.3) is 0 Å². The number of piperidine rings is 1. The first kappa shape index (κ1) is 11.2. The molecule has 1 amide bonds. The highest BCUT2D eigenvalue weighted by Crippen LogP contribution is 2.50. The Morgan fingerprint density at radius 2 is 2.00 bits per heavy atom. The van der Waals surface area contributed by atoms with Gasteiger partial charge in [-0.3, -0.25) is 4.79 Å². The van der Waals surface area contributed by atoms with Crippen LogP contribution in [-0.4, -0.2) is 36.5 Å². The van der Waals surface area contributed by atoms with E-state index < -0.39 is 0 Å². The van der Waals surface area contributed by atoms with Crippen molar-refractivity contribution >= 4 is 18.3 Å². The van der Waals surface area contributed by atoms with Crippen LogP contribution in [0.1, 0.15) is 19.8 Å². The van der Waals surface area contributed by atoms with Gasteiger partial charge >= 0.3 is 0 Å². The summed E-state index contributed by atoms with van der Waals surface area (Å²) >= 11 is 0. The third-order valence-corrected chi connectivity index (χ3v) is 4.21. The molecule has 86 valence electrons. The second-order valence-electron chi connectivity index (χ2n) is 5.03. The maximum absolute atomic E-state index is 12.1. The van der Waals surface area contributed by atoms with Crippen molar-refractivity contribution in [2.24, 2.45) is 17.8 Å². The van der Waals surface area contributed by atoms with E-state index >= 15 is 0 Å². The van der Waals surface area contributed by atoms with Gasteiger partial charge in [0.05, 0.1) is 0 Å². The van der Waals surface area contributed by atoms with Crippen molar-refractivity contribution in [3.63, 3.8) is 0 Å². The first-order valence-electron chi connectivity index (χ1n) is 5.80. The van der Waals surface area contributed by atoms with Gasteiger partial charge in [-0.2, -0.15) is 0 Å². The average molecular weight is 231 g/mol. The zero-order valence-electron chi connectivity index (χ0n) is 9.11. The number of nitrogens with one attached hydrogen (secondary N) is 1. The van der Waals surface area contributed by atoms with E-state index in [2.05, 4.69) is 17.1 Å². The summed E-state index contributed by atoms with van der Waals surface area (Å²) in [6, 6.07) is 0.497. The molecule has 0 aromatic rings. The Bertz CT molecular complexity index is 261. The number of rotatable bonds is 1. The summed E-state index contributed by atoms with van der Waals surface area (Å²) in [7, 11) is 0. The van der Waals surface area contributed by atoms with Crippen molar-refractivity contribution in [1.82, 2.24) is 10.2 Å². The smallest absolute Gasteiger partial charge is 0.226 e. The Morgan fingerprint density at radius 3 is 2.53 bits per heavy atom. The molecule has 2 aliphatic heterocycles. The van der Waals surface area contributed by atoms with E-state index in [0.29, 0.717) is 29.7 Å². The minimum Gasteiger partial charge on any atom is -0.340 e. The molecule has 0 aromatic heterocycles. The number of halogens is 1. The Morgan fingerprint density at radius 1 is 1.33 bits per heavy atom. The molecule has 15 heavy (non-hydrogen) atoms. The van der Waals surface area contributed by atoms with E-state index in [1.807, 2.05) is 0 Å². The second kappa shape index (κ2) is 3.95. The molecule has 3 rings (SSSR count). The Kier molecular flexibility index (Phi) is 2.95. The molecule has 1 saturated carbocycles. The SMILES string of the molecule is CC1CCCN1C(=O)C1[C@H]2CNC[C@@H]12.Cl. The number of carbonyl (C=O) groups excluding carboxylic acids is 1. The lowest BCUT2D eigenvalue weighted by molar-refractivity contribution is -0.133. The molecule has 0 radical (unpaired) electrons. The Balaban J connectivity index is 0.000000853. The lowest BCUT2D eigenvalue weighted by Crippen LogP contribution is -2.37. The number of likely N-dealkylation sites (tertiary alicyclic amines) is 1. The largest absolute Gasteiger partial charge is 0.340 e. The molecular weight excluding hydrogens is 212 g/mol. The fourth-order valence-corrected chi connectivity index (χ4v) is 3.24. The first-order chi connectivity index (χ1) is 6.79. The Hall–Kier alpha value is -0.280. The molecule has 3 aliphatic rings. The van der Waals surface area contributed by atoms with Crippen LogP contribution in [0, 0.1) is 17.8 Å². The molecule has 2 saturated heterocycles. The third-order valence-electron chi connectivity index (χ3n) is 4.21. The van der Waals surface area contributed by atoms with E-state index in [4.69, 9.17) is 0 Å². The highest BCUT2D eigenvalue weighted by molar-refractivity contribution is 5.85. The van der Waals surface area contributed by atoms with Crippen molar-refractivity contribution < 1.29 is 4.79 Å². The van der Waals surface area contributed by atoms with Crippen molar-refractivity contribution in [3.05, 3.63) is 0 Å². The fraction of sp³-hybridized carbons (Fsp3) is 0.909. The van der Waals surface area contributed by atoms with Crippen LogP contribution in [0.25, 0.3) is 0 Å². The van der Waals surface area contributed by atoms with E-state index in [-0.39, 0.29) is 12.4 Å². The molecule has 0 bridgehead atoms. The van der Waals surface area contributed by atoms with Gasteiger partial charge in [-0.1, -0.05) is 0 Å². The first-order valence-corrected chi connectivity index (χ1v) is 5.80. The highest BCUT2D eigenvalue weighted by atomic mass is 35.5. The van der Waals surface area contributed by atoms with Crippen LogP contribution in [0.5, 0.6) is 0 Å². The van der Waals surface area contributed by atoms with Gasteiger partial charge in [-0.05, 0) is 44.7 Å². The van der Waals surface area contributed by atoms with Crippen molar-refractivity contribution in [2.45, 2.75) is 25.8 Å². The van der Waals surface area contributed by atoms with E-state index in [0.717, 1.165) is 19.6 Å². The fourth-order valence-electron chi connectivity index (χ4n) is 3.24. The van der Waals surface area contributed by atoms with Crippen molar-refractivity contribution in [1.29, 1.82) is 0 Å². The van der Waals surface area contributed by atoms with Crippen LogP contribution in [-0.2, 0) is 4.79 Å². The quantitative estimate of drug-likeness (QED) is 0.726. The molecule has 2 heterocycles. The van der Waals surface area contributed by atoms with Gasteiger partial charge < -0.3 is 10.2 Å². The molecule has 4 heteroatoms. The maximum atomic E-state index is 12.1. The monoisotopic (exact) mass is 230 g/mol. The second-order valence-corrected chi connectivity index (χ2v) is 5.03. The van der Waals surface area contributed by atoms with Crippen LogP contribution in [0.2, 0.25) is 0 Å². The number of carbonyl (C=O) groups is 1. The zero-order chi connectivity index (χ0) is 9.71. The molecular formula is C11H19ClN2O. The molecule has 2 unspecified atom stereocenters. The zero-order valence-corrected chi connectivity index (χ0v) is 9.93. The van der Waals surface area contributed by atoms with Crippen molar-refractivity contribution in [2.75, 3.05) is 19.6 Å². The summed E-state index contributed by atoms with van der Waals surface area (Å²) in [5.74, 6) is 2.19. The number of nitrogens with zero attached hydrogens (tertiary/aromatic N) is 1. The number of amides is 1. The van der Waals surface area contributed by atoms with Crippen LogP contribution in [0.3, 0.4) is 0 Å². The number of hydrogen-bond acceptors (Lipinski definition) is 2. The van der Waals surface area contributed by atoms with Gasteiger partial charge in [0.1, 0.15) is 0 Å². The molecule has 1 aliphatic carbocycles. The summed E-state index contributed by atoms with van der Waals surface area (Å²) in [5, 5.41) is 3.34. The molecule has 4 atom stereocenters. The molecule has 3 nitrogen and oxygen atoms in total. The van der Waals surface area contributed by atoms with Gasteiger partial charge in [0.15, 0.2) is 0 Å².